The molecule has 164 valence electrons. The number of fused-ring (bicyclic) bond motifs is 1. The van der Waals surface area contributed by atoms with Gasteiger partial charge in [-0.2, -0.15) is 5.10 Å². The first-order chi connectivity index (χ1) is 14.3. The molecule has 1 aromatic heterocycles. The summed E-state index contributed by atoms with van der Waals surface area (Å²) in [6.45, 7) is 2.87. The molecule has 0 radical (unpaired) electrons. The topological polar surface area (TPSA) is 85.6 Å². The first kappa shape index (κ1) is 23.0. The van der Waals surface area contributed by atoms with Crippen LogP contribution in [0.1, 0.15) is 36.2 Å². The van der Waals surface area contributed by atoms with E-state index in [2.05, 4.69) is 50.0 Å². The third-order valence-corrected chi connectivity index (χ3v) is 5.61. The maximum absolute atomic E-state index is 6.00. The smallest absolute Gasteiger partial charge is 0.191 e. The molecule has 8 nitrogen and oxygen atoms in total. The SMILES string of the molecule is CN=C(NCC1CCOC1c1ccccc1)NC1CCc2nc(COC)nn2C1.I. The predicted molar refractivity (Wildman–Crippen MR) is 126 cm³/mol. The molecule has 2 aliphatic heterocycles. The van der Waals surface area contributed by atoms with Crippen LogP contribution in [0.3, 0.4) is 0 Å². The number of guanidine groups is 1. The van der Waals surface area contributed by atoms with E-state index in [9.17, 15) is 0 Å². The molecule has 0 amide bonds. The number of aryl methyl sites for hydroxylation is 1. The van der Waals surface area contributed by atoms with Gasteiger partial charge in [0.1, 0.15) is 12.4 Å². The van der Waals surface area contributed by atoms with Gasteiger partial charge in [-0.15, -0.1) is 24.0 Å². The van der Waals surface area contributed by atoms with Crippen molar-refractivity contribution in [1.82, 2.24) is 25.4 Å². The van der Waals surface area contributed by atoms with E-state index in [1.165, 1.54) is 5.56 Å². The second kappa shape index (κ2) is 11.1. The van der Waals surface area contributed by atoms with Crippen molar-refractivity contribution in [3.63, 3.8) is 0 Å². The van der Waals surface area contributed by atoms with E-state index in [0.717, 1.165) is 56.6 Å². The van der Waals surface area contributed by atoms with Gasteiger partial charge in [-0.25, -0.2) is 9.67 Å². The first-order valence-corrected chi connectivity index (χ1v) is 10.3. The van der Waals surface area contributed by atoms with Crippen molar-refractivity contribution in [2.75, 3.05) is 27.3 Å². The van der Waals surface area contributed by atoms with Crippen LogP contribution < -0.4 is 10.6 Å². The average Bonchev–Trinajstić information content (AvgIpc) is 3.38. The highest BCUT2D eigenvalue weighted by molar-refractivity contribution is 14.0. The molecule has 1 saturated heterocycles. The van der Waals surface area contributed by atoms with Gasteiger partial charge in [0.25, 0.3) is 0 Å². The standard InChI is InChI=1S/C21H30N6O2.HI/c1-22-21(23-12-16-10-11-29-20(16)15-6-4-3-5-7-15)24-17-8-9-19-25-18(14-28-2)26-27(19)13-17;/h3-7,16-17,20H,8-14H2,1-2H3,(H2,22,23,24);1H. The number of ether oxygens (including phenoxy) is 2. The summed E-state index contributed by atoms with van der Waals surface area (Å²) in [5, 5.41) is 11.6. The molecular weight excluding hydrogens is 495 g/mol. The number of aromatic nitrogens is 3. The van der Waals surface area contributed by atoms with E-state index in [-0.39, 0.29) is 36.1 Å². The van der Waals surface area contributed by atoms with Crippen molar-refractivity contribution in [1.29, 1.82) is 0 Å². The summed E-state index contributed by atoms with van der Waals surface area (Å²) >= 11 is 0. The Labute approximate surface area is 194 Å². The van der Waals surface area contributed by atoms with Crippen LogP contribution in [-0.4, -0.2) is 54.1 Å². The van der Waals surface area contributed by atoms with Crippen LogP contribution in [-0.2, 0) is 29.0 Å². The van der Waals surface area contributed by atoms with Crippen molar-refractivity contribution >= 4 is 29.9 Å². The van der Waals surface area contributed by atoms with Crippen molar-refractivity contribution in [2.24, 2.45) is 10.9 Å². The minimum absolute atomic E-state index is 0. The van der Waals surface area contributed by atoms with Gasteiger partial charge in [-0.3, -0.25) is 4.99 Å². The molecule has 2 N–H and O–H groups in total. The van der Waals surface area contributed by atoms with E-state index in [0.29, 0.717) is 12.5 Å². The summed E-state index contributed by atoms with van der Waals surface area (Å²) in [6.07, 6.45) is 3.11. The Hall–Kier alpha value is -1.72. The van der Waals surface area contributed by atoms with E-state index in [4.69, 9.17) is 9.47 Å². The van der Waals surface area contributed by atoms with Gasteiger partial charge in [-0.05, 0) is 18.4 Å². The highest BCUT2D eigenvalue weighted by Crippen LogP contribution is 2.33. The lowest BCUT2D eigenvalue weighted by molar-refractivity contribution is 0.0915. The molecular formula is C21H31IN6O2. The maximum Gasteiger partial charge on any atom is 0.191 e. The van der Waals surface area contributed by atoms with Crippen molar-refractivity contribution in [3.05, 3.63) is 47.5 Å². The molecule has 4 rings (SSSR count). The molecule has 1 fully saturated rings. The number of halogens is 1. The average molecular weight is 526 g/mol. The zero-order valence-corrected chi connectivity index (χ0v) is 19.9. The number of nitrogens with one attached hydrogen (secondary N) is 2. The molecule has 0 aliphatic carbocycles. The van der Waals surface area contributed by atoms with E-state index >= 15 is 0 Å². The highest BCUT2D eigenvalue weighted by atomic mass is 127. The normalized spacial score (nSPS) is 23.5. The second-order valence-electron chi connectivity index (χ2n) is 7.64. The lowest BCUT2D eigenvalue weighted by atomic mass is 9.95. The van der Waals surface area contributed by atoms with Crippen LogP contribution in [0.2, 0.25) is 0 Å². The Kier molecular flexibility index (Phi) is 8.46. The molecule has 30 heavy (non-hydrogen) atoms. The van der Waals surface area contributed by atoms with E-state index < -0.39 is 0 Å². The Morgan fingerprint density at radius 2 is 2.13 bits per heavy atom. The van der Waals surface area contributed by atoms with Crippen molar-refractivity contribution < 1.29 is 9.47 Å². The number of aliphatic imine (C=N–C) groups is 1. The summed E-state index contributed by atoms with van der Waals surface area (Å²) in [5.41, 5.74) is 1.25. The van der Waals surface area contributed by atoms with Gasteiger partial charge < -0.3 is 20.1 Å². The van der Waals surface area contributed by atoms with Gasteiger partial charge in [0.2, 0.25) is 0 Å². The summed E-state index contributed by atoms with van der Waals surface area (Å²) in [5.74, 6) is 3.04. The van der Waals surface area contributed by atoms with Gasteiger partial charge in [0, 0.05) is 45.7 Å². The zero-order chi connectivity index (χ0) is 20.1. The molecule has 2 aliphatic rings. The first-order valence-electron chi connectivity index (χ1n) is 10.3. The lowest BCUT2D eigenvalue weighted by Crippen LogP contribution is -2.48. The van der Waals surface area contributed by atoms with Gasteiger partial charge in [0.05, 0.1) is 12.6 Å². The monoisotopic (exact) mass is 526 g/mol. The number of methoxy groups -OCH3 is 1. The molecule has 1 aromatic carbocycles. The number of hydrogen-bond donors (Lipinski definition) is 2. The summed E-state index contributed by atoms with van der Waals surface area (Å²) in [4.78, 5) is 8.96. The summed E-state index contributed by atoms with van der Waals surface area (Å²) < 4.78 is 13.1. The number of nitrogens with zero attached hydrogens (tertiary/aromatic N) is 4. The Balaban J connectivity index is 0.00000256. The third kappa shape index (κ3) is 5.50. The van der Waals surface area contributed by atoms with Gasteiger partial charge >= 0.3 is 0 Å². The predicted octanol–water partition coefficient (Wildman–Crippen LogP) is 2.30. The van der Waals surface area contributed by atoms with Crippen molar-refractivity contribution in [3.8, 4) is 0 Å². The Bertz CT molecular complexity index is 828. The lowest BCUT2D eigenvalue weighted by Gasteiger charge is -2.26. The van der Waals surface area contributed by atoms with Crippen LogP contribution in [0.15, 0.2) is 35.3 Å². The number of benzene rings is 1. The van der Waals surface area contributed by atoms with Crippen molar-refractivity contribution in [2.45, 2.75) is 44.6 Å². The molecule has 0 saturated carbocycles. The fraction of sp³-hybridized carbons (Fsp3) is 0.571. The minimum Gasteiger partial charge on any atom is -0.377 e. The van der Waals surface area contributed by atoms with E-state index in [1.54, 1.807) is 7.11 Å². The van der Waals surface area contributed by atoms with Crippen LogP contribution in [0.4, 0.5) is 0 Å². The highest BCUT2D eigenvalue weighted by Gasteiger charge is 2.30. The quantitative estimate of drug-likeness (QED) is 0.342. The number of hydrogen-bond acceptors (Lipinski definition) is 5. The molecule has 9 heteroatoms. The molecule has 0 spiro atoms. The largest absolute Gasteiger partial charge is 0.377 e. The fourth-order valence-electron chi connectivity index (χ4n) is 4.14. The Morgan fingerprint density at radius 1 is 1.30 bits per heavy atom. The Morgan fingerprint density at radius 3 is 2.90 bits per heavy atom. The second-order valence-corrected chi connectivity index (χ2v) is 7.64. The molecule has 0 bridgehead atoms. The van der Waals surface area contributed by atoms with Gasteiger partial charge in [-0.1, -0.05) is 30.3 Å². The summed E-state index contributed by atoms with van der Waals surface area (Å²) in [7, 11) is 3.48. The van der Waals surface area contributed by atoms with Crippen LogP contribution in [0.25, 0.3) is 0 Å². The van der Waals surface area contributed by atoms with Crippen LogP contribution in [0, 0.1) is 5.92 Å². The zero-order valence-electron chi connectivity index (χ0n) is 17.6. The summed E-state index contributed by atoms with van der Waals surface area (Å²) in [6, 6.07) is 10.7. The van der Waals surface area contributed by atoms with E-state index in [1.807, 2.05) is 17.8 Å². The molecule has 2 aromatic rings. The molecule has 3 heterocycles. The van der Waals surface area contributed by atoms with Crippen LogP contribution in [0.5, 0.6) is 0 Å². The number of rotatable bonds is 6. The van der Waals surface area contributed by atoms with Gasteiger partial charge in [0.15, 0.2) is 11.8 Å². The van der Waals surface area contributed by atoms with Crippen LogP contribution >= 0.6 is 24.0 Å². The molecule has 3 unspecified atom stereocenters. The minimum atomic E-state index is 0. The fourth-order valence-corrected chi connectivity index (χ4v) is 4.14. The molecule has 3 atom stereocenters. The third-order valence-electron chi connectivity index (χ3n) is 5.61. The maximum atomic E-state index is 6.00.